The summed E-state index contributed by atoms with van der Waals surface area (Å²) in [6.45, 7) is 0.265. The van der Waals surface area contributed by atoms with E-state index in [1.807, 2.05) is 17.6 Å². The number of hydrogen-bond acceptors (Lipinski definition) is 5. The largest absolute Gasteiger partial charge is 0.428 e. The molecule has 2 heterocycles. The number of nitrogens with zero attached hydrogens (tertiary/aromatic N) is 3. The fourth-order valence-corrected chi connectivity index (χ4v) is 2.28. The summed E-state index contributed by atoms with van der Waals surface area (Å²) in [5.41, 5.74) is 3.72. The van der Waals surface area contributed by atoms with Gasteiger partial charge in [-0.1, -0.05) is 12.1 Å². The van der Waals surface area contributed by atoms with Crippen LogP contribution in [0.2, 0.25) is 0 Å². The smallest absolute Gasteiger partial charge is 0.388 e. The number of hydrazine groups is 1. The summed E-state index contributed by atoms with van der Waals surface area (Å²) in [5, 5.41) is 0. The number of fused-ring (bicyclic) bond motifs is 3. The van der Waals surface area contributed by atoms with Gasteiger partial charge in [0.2, 0.25) is 5.88 Å². The Morgan fingerprint density at radius 2 is 2.19 bits per heavy atom. The summed E-state index contributed by atoms with van der Waals surface area (Å²) in [5.74, 6) is 5.01. The quantitative estimate of drug-likeness (QED) is 0.449. The average molecular weight is 287 g/mol. The molecule has 1 aliphatic rings. The molecular weight excluding hydrogens is 274 g/mol. The van der Waals surface area contributed by atoms with Crippen LogP contribution in [0.5, 0.6) is 5.88 Å². The number of hydrogen-bond donors (Lipinski definition) is 2. The summed E-state index contributed by atoms with van der Waals surface area (Å²) in [6.07, 6.45) is 0.697. The van der Waals surface area contributed by atoms with Crippen molar-refractivity contribution in [1.29, 1.82) is 0 Å². The van der Waals surface area contributed by atoms with Crippen molar-refractivity contribution in [3.63, 3.8) is 0 Å². The number of carbonyl (C=O) groups is 2. The molecule has 0 atom stereocenters. The molecule has 0 unspecified atom stereocenters. The maximum absolute atomic E-state index is 12.3. The van der Waals surface area contributed by atoms with Gasteiger partial charge >= 0.3 is 6.09 Å². The predicted octanol–water partition coefficient (Wildman–Crippen LogP) is 0.420. The summed E-state index contributed by atoms with van der Waals surface area (Å²) in [6, 6.07) is 7.18. The second-order valence-corrected chi connectivity index (χ2v) is 4.58. The van der Waals surface area contributed by atoms with Crippen molar-refractivity contribution >= 4 is 12.0 Å². The minimum absolute atomic E-state index is 0.108. The highest BCUT2D eigenvalue weighted by Crippen LogP contribution is 2.28. The molecule has 1 aliphatic heterocycles. The Hall–Kier alpha value is -2.87. The van der Waals surface area contributed by atoms with Crippen LogP contribution in [0.15, 0.2) is 30.6 Å². The van der Waals surface area contributed by atoms with Gasteiger partial charge in [0.15, 0.2) is 0 Å². The van der Waals surface area contributed by atoms with Crippen LogP contribution in [-0.4, -0.2) is 33.5 Å². The number of carbonyl (C=O) groups excluding carboxylic acids is 2. The zero-order chi connectivity index (χ0) is 15.0. The molecule has 0 saturated carbocycles. The molecule has 108 valence electrons. The highest BCUT2D eigenvalue weighted by atomic mass is 16.6. The van der Waals surface area contributed by atoms with E-state index in [2.05, 4.69) is 4.98 Å². The first-order valence-corrected chi connectivity index (χ1v) is 6.21. The Morgan fingerprint density at radius 1 is 1.43 bits per heavy atom. The number of nitrogens with one attached hydrogen (secondary N) is 1. The highest BCUT2D eigenvalue weighted by molar-refractivity contribution is 5.98. The third-order valence-electron chi connectivity index (χ3n) is 3.26. The Bertz CT molecular complexity index is 724. The molecule has 3 rings (SSSR count). The van der Waals surface area contributed by atoms with Crippen LogP contribution in [0.3, 0.4) is 0 Å². The van der Waals surface area contributed by atoms with Crippen molar-refractivity contribution in [2.24, 2.45) is 5.84 Å². The van der Waals surface area contributed by atoms with Gasteiger partial charge in [0.1, 0.15) is 12.0 Å². The summed E-state index contributed by atoms with van der Waals surface area (Å²) in [7, 11) is 1.68. The van der Waals surface area contributed by atoms with E-state index in [-0.39, 0.29) is 18.3 Å². The SMILES string of the molecule is CN1Cc2c(OC(=O)NN)ncn2-c2ccccc2C1=O. The van der Waals surface area contributed by atoms with Crippen LogP contribution in [0.25, 0.3) is 5.69 Å². The van der Waals surface area contributed by atoms with Crippen molar-refractivity contribution < 1.29 is 14.3 Å². The molecule has 8 nitrogen and oxygen atoms in total. The number of imidazole rings is 1. The van der Waals surface area contributed by atoms with E-state index >= 15 is 0 Å². The second-order valence-electron chi connectivity index (χ2n) is 4.58. The number of benzene rings is 1. The number of amides is 2. The molecule has 0 spiro atoms. The lowest BCUT2D eigenvalue weighted by molar-refractivity contribution is 0.0787. The lowest BCUT2D eigenvalue weighted by Gasteiger charge is -2.14. The second kappa shape index (κ2) is 4.91. The molecule has 0 bridgehead atoms. The molecule has 1 aromatic carbocycles. The number of nitrogens with two attached hydrogens (primary N) is 1. The summed E-state index contributed by atoms with van der Waals surface area (Å²) >= 11 is 0. The summed E-state index contributed by atoms with van der Waals surface area (Å²) < 4.78 is 6.74. The molecule has 2 amide bonds. The molecule has 0 radical (unpaired) electrons. The van der Waals surface area contributed by atoms with E-state index in [4.69, 9.17) is 10.6 Å². The van der Waals surface area contributed by atoms with Crippen LogP contribution in [0.4, 0.5) is 4.79 Å². The third kappa shape index (κ3) is 2.11. The van der Waals surface area contributed by atoms with E-state index in [1.54, 1.807) is 23.7 Å². The van der Waals surface area contributed by atoms with Gasteiger partial charge in [-0.05, 0) is 12.1 Å². The lowest BCUT2D eigenvalue weighted by Crippen LogP contribution is -2.33. The van der Waals surface area contributed by atoms with Gasteiger partial charge in [-0.3, -0.25) is 14.8 Å². The minimum atomic E-state index is -0.817. The lowest BCUT2D eigenvalue weighted by atomic mass is 10.1. The summed E-state index contributed by atoms with van der Waals surface area (Å²) in [4.78, 5) is 29.2. The number of aromatic nitrogens is 2. The standard InChI is InChI=1S/C13H13N5O3/c1-17-6-10-11(21-13(20)16-14)15-7-18(10)9-5-3-2-4-8(9)12(17)19/h2-5,7H,6,14H2,1H3,(H,16,20). The van der Waals surface area contributed by atoms with Gasteiger partial charge in [0.05, 0.1) is 17.8 Å². The Balaban J connectivity index is 2.14. The van der Waals surface area contributed by atoms with Crippen LogP contribution in [-0.2, 0) is 6.54 Å². The van der Waals surface area contributed by atoms with Crippen molar-refractivity contribution in [2.75, 3.05) is 7.05 Å². The van der Waals surface area contributed by atoms with Gasteiger partial charge in [0, 0.05) is 7.05 Å². The number of ether oxygens (including phenoxy) is 1. The first-order valence-electron chi connectivity index (χ1n) is 6.21. The molecule has 21 heavy (non-hydrogen) atoms. The Kier molecular flexibility index (Phi) is 3.07. The normalized spacial score (nSPS) is 13.2. The van der Waals surface area contributed by atoms with Crippen LogP contribution >= 0.6 is 0 Å². The monoisotopic (exact) mass is 287 g/mol. The minimum Gasteiger partial charge on any atom is -0.388 e. The number of para-hydroxylation sites is 1. The maximum Gasteiger partial charge on any atom is 0.428 e. The number of rotatable bonds is 1. The molecule has 8 heteroatoms. The van der Waals surface area contributed by atoms with Gasteiger partial charge in [-0.2, -0.15) is 0 Å². The molecule has 1 aromatic heterocycles. The topological polar surface area (TPSA) is 102 Å². The van der Waals surface area contributed by atoms with E-state index < -0.39 is 6.09 Å². The zero-order valence-corrected chi connectivity index (χ0v) is 11.2. The van der Waals surface area contributed by atoms with Crippen molar-refractivity contribution in [3.05, 3.63) is 41.9 Å². The molecule has 0 fully saturated rings. The molecular formula is C13H13N5O3. The average Bonchev–Trinajstić information content (AvgIpc) is 2.84. The van der Waals surface area contributed by atoms with E-state index in [9.17, 15) is 9.59 Å². The Labute approximate surface area is 120 Å². The van der Waals surface area contributed by atoms with Gasteiger partial charge < -0.3 is 9.64 Å². The van der Waals surface area contributed by atoms with Gasteiger partial charge in [-0.25, -0.2) is 15.6 Å². The molecule has 2 aromatic rings. The molecule has 3 N–H and O–H groups in total. The zero-order valence-electron chi connectivity index (χ0n) is 11.2. The first kappa shape index (κ1) is 13.1. The molecule has 0 aliphatic carbocycles. The Morgan fingerprint density at radius 3 is 2.95 bits per heavy atom. The first-order chi connectivity index (χ1) is 10.1. The van der Waals surface area contributed by atoms with Crippen molar-refractivity contribution in [2.45, 2.75) is 6.54 Å². The van der Waals surface area contributed by atoms with Gasteiger partial charge in [0.25, 0.3) is 5.91 Å². The predicted molar refractivity (Wildman–Crippen MR) is 72.7 cm³/mol. The van der Waals surface area contributed by atoms with Crippen molar-refractivity contribution in [3.8, 4) is 11.6 Å². The van der Waals surface area contributed by atoms with Gasteiger partial charge in [-0.15, -0.1) is 0 Å². The van der Waals surface area contributed by atoms with Crippen LogP contribution in [0, 0.1) is 0 Å². The van der Waals surface area contributed by atoms with E-state index in [1.165, 1.54) is 11.2 Å². The molecule has 0 saturated heterocycles. The third-order valence-corrected chi connectivity index (χ3v) is 3.26. The highest BCUT2D eigenvalue weighted by Gasteiger charge is 2.27. The maximum atomic E-state index is 12.3. The van der Waals surface area contributed by atoms with Crippen LogP contribution < -0.4 is 16.0 Å². The van der Waals surface area contributed by atoms with E-state index in [0.717, 1.165) is 0 Å². The fraction of sp³-hybridized carbons (Fsp3) is 0.154. The fourth-order valence-electron chi connectivity index (χ4n) is 2.28. The van der Waals surface area contributed by atoms with E-state index in [0.29, 0.717) is 16.9 Å². The van der Waals surface area contributed by atoms with Crippen LogP contribution in [0.1, 0.15) is 16.1 Å². The van der Waals surface area contributed by atoms with Crippen molar-refractivity contribution in [1.82, 2.24) is 19.9 Å².